The van der Waals surface area contributed by atoms with Crippen molar-refractivity contribution in [1.82, 2.24) is 15.1 Å². The summed E-state index contributed by atoms with van der Waals surface area (Å²) in [5, 5.41) is 5.75. The zero-order valence-electron chi connectivity index (χ0n) is 10.2. The smallest absolute Gasteiger partial charge is 0.344 e. The number of nitrogens with zero attached hydrogens (tertiary/aromatic N) is 2. The Kier molecular flexibility index (Phi) is 2.62. The SMILES string of the molecule is O=CN1CC2(CC(Cc3cc(C(F)(F)F)n[nH]3)C2)C1. The van der Waals surface area contributed by atoms with Crippen molar-refractivity contribution in [2.45, 2.75) is 25.4 Å². The fourth-order valence-corrected chi connectivity index (χ4v) is 3.38. The van der Waals surface area contributed by atoms with Crippen LogP contribution in [0.4, 0.5) is 13.2 Å². The van der Waals surface area contributed by atoms with Gasteiger partial charge in [-0.25, -0.2) is 0 Å². The van der Waals surface area contributed by atoms with E-state index < -0.39 is 11.9 Å². The molecule has 2 heterocycles. The summed E-state index contributed by atoms with van der Waals surface area (Å²) >= 11 is 0. The fraction of sp³-hybridized carbons (Fsp3) is 0.667. The molecule has 4 nitrogen and oxygen atoms in total. The van der Waals surface area contributed by atoms with Gasteiger partial charge >= 0.3 is 6.18 Å². The van der Waals surface area contributed by atoms with Crippen LogP contribution in [0.2, 0.25) is 0 Å². The van der Waals surface area contributed by atoms with Crippen molar-refractivity contribution in [2.24, 2.45) is 11.3 Å². The largest absolute Gasteiger partial charge is 0.435 e. The number of hydrogen-bond donors (Lipinski definition) is 1. The van der Waals surface area contributed by atoms with Crippen LogP contribution in [0.5, 0.6) is 0 Å². The Bertz CT molecular complexity index is 483. The van der Waals surface area contributed by atoms with Gasteiger partial charge in [-0.05, 0) is 31.2 Å². The molecule has 1 N–H and O–H groups in total. The van der Waals surface area contributed by atoms with Crippen LogP contribution in [-0.2, 0) is 17.4 Å². The van der Waals surface area contributed by atoms with Crippen LogP contribution < -0.4 is 0 Å². The fourth-order valence-electron chi connectivity index (χ4n) is 3.38. The molecule has 3 rings (SSSR count). The van der Waals surface area contributed by atoms with Gasteiger partial charge in [0.1, 0.15) is 0 Å². The molecule has 0 aromatic carbocycles. The molecule has 7 heteroatoms. The number of H-pyrrole nitrogens is 1. The third-order valence-corrected chi connectivity index (χ3v) is 4.10. The van der Waals surface area contributed by atoms with Crippen LogP contribution in [-0.4, -0.2) is 34.6 Å². The Balaban J connectivity index is 1.52. The van der Waals surface area contributed by atoms with Gasteiger partial charge in [0.05, 0.1) is 0 Å². The van der Waals surface area contributed by atoms with E-state index in [-0.39, 0.29) is 5.41 Å². The molecule has 2 fully saturated rings. The number of carbonyl (C=O) groups is 1. The van der Waals surface area contributed by atoms with Crippen molar-refractivity contribution < 1.29 is 18.0 Å². The van der Waals surface area contributed by atoms with Gasteiger partial charge in [0, 0.05) is 24.2 Å². The lowest BCUT2D eigenvalue weighted by molar-refractivity contribution is -0.141. The summed E-state index contributed by atoms with van der Waals surface area (Å²) in [5.74, 6) is 0.398. The predicted molar refractivity (Wildman–Crippen MR) is 60.1 cm³/mol. The number of likely N-dealkylation sites (tertiary alicyclic amines) is 1. The highest BCUT2D eigenvalue weighted by Crippen LogP contribution is 2.52. The minimum atomic E-state index is -4.38. The normalized spacial score (nSPS) is 22.2. The number of carbonyl (C=O) groups excluding carboxylic acids is 1. The quantitative estimate of drug-likeness (QED) is 0.854. The predicted octanol–water partition coefficient (Wildman–Crippen LogP) is 1.84. The van der Waals surface area contributed by atoms with Crippen molar-refractivity contribution in [1.29, 1.82) is 0 Å². The van der Waals surface area contributed by atoms with E-state index in [9.17, 15) is 18.0 Å². The molecule has 1 aliphatic heterocycles. The van der Waals surface area contributed by atoms with E-state index in [0.29, 0.717) is 18.0 Å². The monoisotopic (exact) mass is 273 g/mol. The van der Waals surface area contributed by atoms with Crippen molar-refractivity contribution in [3.63, 3.8) is 0 Å². The van der Waals surface area contributed by atoms with E-state index in [2.05, 4.69) is 10.2 Å². The number of aromatic nitrogens is 2. The zero-order valence-corrected chi connectivity index (χ0v) is 10.2. The lowest BCUT2D eigenvalue weighted by Crippen LogP contribution is -2.61. The van der Waals surface area contributed by atoms with Crippen LogP contribution in [0.25, 0.3) is 0 Å². The third-order valence-electron chi connectivity index (χ3n) is 4.10. The minimum Gasteiger partial charge on any atom is -0.344 e. The Hall–Kier alpha value is -1.53. The molecule has 1 saturated carbocycles. The summed E-state index contributed by atoms with van der Waals surface area (Å²) in [5.41, 5.74) is -0.0654. The summed E-state index contributed by atoms with van der Waals surface area (Å²) in [6.07, 6.45) is -0.960. The Morgan fingerprint density at radius 2 is 2.16 bits per heavy atom. The van der Waals surface area contributed by atoms with E-state index in [1.165, 1.54) is 0 Å². The first-order valence-corrected chi connectivity index (χ1v) is 6.21. The number of rotatable bonds is 3. The second kappa shape index (κ2) is 3.98. The summed E-state index contributed by atoms with van der Waals surface area (Å²) in [6, 6.07) is 1.09. The van der Waals surface area contributed by atoms with Gasteiger partial charge in [-0.1, -0.05) is 0 Å². The Morgan fingerprint density at radius 1 is 1.47 bits per heavy atom. The first kappa shape index (κ1) is 12.5. The number of halogens is 3. The molecule has 19 heavy (non-hydrogen) atoms. The standard InChI is InChI=1S/C12H14F3N3O/c13-12(14,15)10-2-9(16-17-10)1-8-3-11(4-8)5-18(6-11)7-19/h2,7-8H,1,3-6H2,(H,16,17). The van der Waals surface area contributed by atoms with E-state index >= 15 is 0 Å². The van der Waals surface area contributed by atoms with Gasteiger partial charge in [-0.15, -0.1) is 0 Å². The van der Waals surface area contributed by atoms with Crippen LogP contribution in [0.15, 0.2) is 6.07 Å². The van der Waals surface area contributed by atoms with E-state index in [4.69, 9.17) is 0 Å². The first-order valence-electron chi connectivity index (χ1n) is 6.21. The average Bonchev–Trinajstić information content (AvgIpc) is 2.67. The van der Waals surface area contributed by atoms with Crippen LogP contribution in [0.3, 0.4) is 0 Å². The average molecular weight is 273 g/mol. The molecule has 1 aromatic rings. The molecule has 2 aliphatic rings. The molecule has 1 amide bonds. The van der Waals surface area contributed by atoms with Gasteiger partial charge in [0.2, 0.25) is 6.41 Å². The van der Waals surface area contributed by atoms with Crippen molar-refractivity contribution in [2.75, 3.05) is 13.1 Å². The van der Waals surface area contributed by atoms with Gasteiger partial charge in [-0.2, -0.15) is 18.3 Å². The maximum atomic E-state index is 12.4. The Morgan fingerprint density at radius 3 is 2.68 bits per heavy atom. The van der Waals surface area contributed by atoms with Crippen LogP contribution in [0, 0.1) is 11.3 Å². The summed E-state index contributed by atoms with van der Waals surface area (Å²) in [4.78, 5) is 12.2. The molecule has 0 bridgehead atoms. The van der Waals surface area contributed by atoms with Gasteiger partial charge in [-0.3, -0.25) is 9.89 Å². The molecular formula is C12H14F3N3O. The van der Waals surface area contributed by atoms with E-state index in [1.807, 2.05) is 0 Å². The minimum absolute atomic E-state index is 0.248. The molecule has 1 aliphatic carbocycles. The number of alkyl halides is 3. The highest BCUT2D eigenvalue weighted by molar-refractivity contribution is 5.49. The number of hydrogen-bond acceptors (Lipinski definition) is 2. The molecule has 0 unspecified atom stereocenters. The van der Waals surface area contributed by atoms with Gasteiger partial charge in [0.15, 0.2) is 5.69 Å². The molecule has 1 spiro atoms. The van der Waals surface area contributed by atoms with Crippen molar-refractivity contribution >= 4 is 6.41 Å². The zero-order chi connectivity index (χ0) is 13.7. The first-order chi connectivity index (χ1) is 8.90. The topological polar surface area (TPSA) is 49.0 Å². The molecule has 0 atom stereocenters. The highest BCUT2D eigenvalue weighted by Gasteiger charge is 2.51. The number of amides is 1. The highest BCUT2D eigenvalue weighted by atomic mass is 19.4. The Labute approximate surface area is 108 Å². The second-order valence-electron chi connectivity index (χ2n) is 5.76. The maximum Gasteiger partial charge on any atom is 0.435 e. The van der Waals surface area contributed by atoms with Gasteiger partial charge in [0.25, 0.3) is 0 Å². The summed E-state index contributed by atoms with van der Waals surface area (Å²) in [6.45, 7) is 1.59. The third kappa shape index (κ3) is 2.21. The lowest BCUT2D eigenvalue weighted by Gasteiger charge is -2.58. The van der Waals surface area contributed by atoms with Crippen molar-refractivity contribution in [3.8, 4) is 0 Å². The number of nitrogens with one attached hydrogen (secondary N) is 1. The molecular weight excluding hydrogens is 259 g/mol. The summed E-state index contributed by atoms with van der Waals surface area (Å²) in [7, 11) is 0. The van der Waals surface area contributed by atoms with Gasteiger partial charge < -0.3 is 4.90 Å². The summed E-state index contributed by atoms with van der Waals surface area (Å²) < 4.78 is 37.1. The molecule has 104 valence electrons. The lowest BCUT2D eigenvalue weighted by atomic mass is 9.57. The van der Waals surface area contributed by atoms with Crippen molar-refractivity contribution in [3.05, 3.63) is 17.5 Å². The van der Waals surface area contributed by atoms with Crippen LogP contribution >= 0.6 is 0 Å². The molecule has 0 radical (unpaired) electrons. The number of aromatic amines is 1. The van der Waals surface area contributed by atoms with E-state index in [1.54, 1.807) is 4.90 Å². The maximum absolute atomic E-state index is 12.4. The molecule has 1 saturated heterocycles. The second-order valence-corrected chi connectivity index (χ2v) is 5.76. The van der Waals surface area contributed by atoms with Crippen LogP contribution in [0.1, 0.15) is 24.2 Å². The van der Waals surface area contributed by atoms with E-state index in [0.717, 1.165) is 38.4 Å². The molecule has 1 aromatic heterocycles.